The molecule has 2 aromatic carbocycles. The topological polar surface area (TPSA) is 52.9 Å². The first kappa shape index (κ1) is 16.4. The van der Waals surface area contributed by atoms with E-state index in [1.54, 1.807) is 36.0 Å². The second-order valence-electron chi connectivity index (χ2n) is 4.76. The van der Waals surface area contributed by atoms with Gasteiger partial charge in [0.1, 0.15) is 0 Å². The van der Waals surface area contributed by atoms with Crippen molar-refractivity contribution in [3.63, 3.8) is 0 Å². The quantitative estimate of drug-likeness (QED) is 0.879. The van der Waals surface area contributed by atoms with Gasteiger partial charge in [0.15, 0.2) is 0 Å². The van der Waals surface area contributed by atoms with Gasteiger partial charge < -0.3 is 5.32 Å². The van der Waals surface area contributed by atoms with E-state index in [1.165, 1.54) is 0 Å². The fraction of sp³-hybridized carbons (Fsp3) is 0.176. The summed E-state index contributed by atoms with van der Waals surface area (Å²) in [6.07, 6.45) is 0. The first-order chi connectivity index (χ1) is 10.6. The normalized spacial score (nSPS) is 11.5. The zero-order valence-electron chi connectivity index (χ0n) is 12.0. The zero-order valence-corrected chi connectivity index (χ0v) is 13.6. The number of thioether (sulfide) groups is 1. The van der Waals surface area contributed by atoms with E-state index < -0.39 is 0 Å². The van der Waals surface area contributed by atoms with Crippen molar-refractivity contribution >= 4 is 35.0 Å². The van der Waals surface area contributed by atoms with Gasteiger partial charge >= 0.3 is 0 Å². The predicted molar refractivity (Wildman–Crippen MR) is 92.0 cm³/mol. The maximum Gasteiger partial charge on any atom is 0.237 e. The van der Waals surface area contributed by atoms with Gasteiger partial charge in [-0.25, -0.2) is 0 Å². The number of halogens is 1. The van der Waals surface area contributed by atoms with E-state index in [2.05, 4.69) is 11.4 Å². The Hall–Kier alpha value is -1.96. The van der Waals surface area contributed by atoms with Gasteiger partial charge in [0, 0.05) is 16.5 Å². The Morgan fingerprint density at radius 1 is 1.32 bits per heavy atom. The van der Waals surface area contributed by atoms with Crippen molar-refractivity contribution in [1.82, 2.24) is 0 Å². The largest absolute Gasteiger partial charge is 0.325 e. The number of benzene rings is 2. The van der Waals surface area contributed by atoms with Crippen LogP contribution < -0.4 is 5.32 Å². The van der Waals surface area contributed by atoms with Crippen LogP contribution in [-0.2, 0) is 10.5 Å². The van der Waals surface area contributed by atoms with Crippen molar-refractivity contribution in [2.24, 2.45) is 0 Å². The average Bonchev–Trinajstić information content (AvgIpc) is 2.54. The standard InChI is InChI=1S/C17H15ClN2OS/c1-12(22-11-13-5-7-15(18)8-6-13)17(21)20-16-4-2-3-14(9-16)10-19/h2-9,12H,11H2,1H3,(H,20,21)/t12-/m0/s1. The number of nitrogens with zero attached hydrogens (tertiary/aromatic N) is 1. The number of nitriles is 1. The molecular formula is C17H15ClN2OS. The number of carbonyl (C=O) groups is 1. The fourth-order valence-electron chi connectivity index (χ4n) is 1.79. The number of carbonyl (C=O) groups excluding carboxylic acids is 1. The SMILES string of the molecule is C[C@H](SCc1ccc(Cl)cc1)C(=O)Nc1cccc(C#N)c1. The molecule has 0 radical (unpaired) electrons. The van der Waals surface area contributed by atoms with Gasteiger partial charge in [0.25, 0.3) is 0 Å². The molecule has 2 aromatic rings. The summed E-state index contributed by atoms with van der Waals surface area (Å²) in [5, 5.41) is 12.2. The summed E-state index contributed by atoms with van der Waals surface area (Å²) in [7, 11) is 0. The smallest absolute Gasteiger partial charge is 0.237 e. The molecule has 0 saturated carbocycles. The minimum Gasteiger partial charge on any atom is -0.325 e. The lowest BCUT2D eigenvalue weighted by molar-refractivity contribution is -0.115. The lowest BCUT2D eigenvalue weighted by Gasteiger charge is -2.12. The van der Waals surface area contributed by atoms with Gasteiger partial charge in [-0.1, -0.05) is 29.8 Å². The molecule has 3 nitrogen and oxygen atoms in total. The van der Waals surface area contributed by atoms with Crippen LogP contribution in [0.4, 0.5) is 5.69 Å². The Morgan fingerprint density at radius 2 is 2.05 bits per heavy atom. The van der Waals surface area contributed by atoms with Crippen molar-refractivity contribution < 1.29 is 4.79 Å². The molecule has 0 aliphatic carbocycles. The Morgan fingerprint density at radius 3 is 2.73 bits per heavy atom. The molecule has 0 unspecified atom stereocenters. The lowest BCUT2D eigenvalue weighted by Crippen LogP contribution is -2.22. The molecule has 0 aliphatic heterocycles. The van der Waals surface area contributed by atoms with E-state index in [-0.39, 0.29) is 11.2 Å². The van der Waals surface area contributed by atoms with E-state index in [0.29, 0.717) is 16.3 Å². The van der Waals surface area contributed by atoms with Gasteiger partial charge in [-0.3, -0.25) is 4.79 Å². The summed E-state index contributed by atoms with van der Waals surface area (Å²) in [4.78, 5) is 12.2. The Kier molecular flexibility index (Phi) is 5.88. The minimum absolute atomic E-state index is 0.0750. The van der Waals surface area contributed by atoms with E-state index in [4.69, 9.17) is 16.9 Å². The molecule has 1 N–H and O–H groups in total. The predicted octanol–water partition coefficient (Wildman–Crippen LogP) is 4.47. The van der Waals surface area contributed by atoms with Crippen LogP contribution in [-0.4, -0.2) is 11.2 Å². The van der Waals surface area contributed by atoms with Gasteiger partial charge in [-0.2, -0.15) is 5.26 Å². The maximum atomic E-state index is 12.2. The van der Waals surface area contributed by atoms with Crippen LogP contribution >= 0.6 is 23.4 Å². The minimum atomic E-state index is -0.193. The zero-order chi connectivity index (χ0) is 15.9. The van der Waals surface area contributed by atoms with E-state index in [1.807, 2.05) is 31.2 Å². The number of nitrogens with one attached hydrogen (secondary N) is 1. The van der Waals surface area contributed by atoms with Crippen LogP contribution in [0, 0.1) is 11.3 Å². The van der Waals surface area contributed by atoms with Crippen molar-refractivity contribution in [2.45, 2.75) is 17.9 Å². The number of hydrogen-bond donors (Lipinski definition) is 1. The highest BCUT2D eigenvalue weighted by molar-refractivity contribution is 7.99. The average molecular weight is 331 g/mol. The lowest BCUT2D eigenvalue weighted by atomic mass is 10.2. The molecule has 1 amide bonds. The van der Waals surface area contributed by atoms with Crippen LogP contribution in [0.2, 0.25) is 5.02 Å². The summed E-state index contributed by atoms with van der Waals surface area (Å²) >= 11 is 7.40. The number of anilines is 1. The Bertz CT molecular complexity index is 695. The Labute approximate surface area is 139 Å². The van der Waals surface area contributed by atoms with Gasteiger partial charge in [0.05, 0.1) is 16.9 Å². The molecule has 0 heterocycles. The summed E-state index contributed by atoms with van der Waals surface area (Å²) in [5.74, 6) is 0.665. The summed E-state index contributed by atoms with van der Waals surface area (Å²) in [6.45, 7) is 1.87. The molecule has 0 saturated heterocycles. The highest BCUT2D eigenvalue weighted by Gasteiger charge is 2.13. The van der Waals surface area contributed by atoms with Gasteiger partial charge in [0.2, 0.25) is 5.91 Å². The van der Waals surface area contributed by atoms with Crippen LogP contribution in [0.25, 0.3) is 0 Å². The van der Waals surface area contributed by atoms with Crippen LogP contribution in [0.1, 0.15) is 18.1 Å². The highest BCUT2D eigenvalue weighted by atomic mass is 35.5. The molecular weight excluding hydrogens is 316 g/mol. The first-order valence-electron chi connectivity index (χ1n) is 6.75. The summed E-state index contributed by atoms with van der Waals surface area (Å²) in [5.41, 5.74) is 2.29. The molecule has 1 atom stereocenters. The molecule has 0 spiro atoms. The summed E-state index contributed by atoms with van der Waals surface area (Å²) in [6, 6.07) is 16.5. The molecule has 5 heteroatoms. The van der Waals surface area contributed by atoms with E-state index >= 15 is 0 Å². The van der Waals surface area contributed by atoms with Crippen molar-refractivity contribution in [1.29, 1.82) is 5.26 Å². The van der Waals surface area contributed by atoms with E-state index in [9.17, 15) is 4.79 Å². The molecule has 0 aromatic heterocycles. The van der Waals surface area contributed by atoms with Crippen molar-refractivity contribution in [3.05, 3.63) is 64.7 Å². The van der Waals surface area contributed by atoms with E-state index in [0.717, 1.165) is 11.3 Å². The van der Waals surface area contributed by atoms with Crippen molar-refractivity contribution in [2.75, 3.05) is 5.32 Å². The third kappa shape index (κ3) is 4.80. The molecule has 0 bridgehead atoms. The molecule has 0 fully saturated rings. The monoisotopic (exact) mass is 330 g/mol. The Balaban J connectivity index is 1.89. The van der Waals surface area contributed by atoms with Gasteiger partial charge in [-0.05, 0) is 42.8 Å². The second kappa shape index (κ2) is 7.88. The molecule has 22 heavy (non-hydrogen) atoms. The number of amides is 1. The third-order valence-electron chi connectivity index (χ3n) is 3.04. The summed E-state index contributed by atoms with van der Waals surface area (Å²) < 4.78 is 0. The van der Waals surface area contributed by atoms with Crippen molar-refractivity contribution in [3.8, 4) is 6.07 Å². The van der Waals surface area contributed by atoms with Crippen LogP contribution in [0.15, 0.2) is 48.5 Å². The fourth-order valence-corrected chi connectivity index (χ4v) is 2.76. The number of rotatable bonds is 5. The molecule has 2 rings (SSSR count). The second-order valence-corrected chi connectivity index (χ2v) is 6.53. The number of hydrogen-bond acceptors (Lipinski definition) is 3. The van der Waals surface area contributed by atoms with Crippen LogP contribution in [0.3, 0.4) is 0 Å². The van der Waals surface area contributed by atoms with Crippen LogP contribution in [0.5, 0.6) is 0 Å². The van der Waals surface area contributed by atoms with Gasteiger partial charge in [-0.15, -0.1) is 11.8 Å². The third-order valence-corrected chi connectivity index (χ3v) is 4.51. The maximum absolute atomic E-state index is 12.2. The molecule has 0 aliphatic rings. The molecule has 112 valence electrons. The highest BCUT2D eigenvalue weighted by Crippen LogP contribution is 2.21. The first-order valence-corrected chi connectivity index (χ1v) is 8.18.